The van der Waals surface area contributed by atoms with Crippen LogP contribution in [0.15, 0.2) is 60.0 Å². The van der Waals surface area contributed by atoms with Crippen molar-refractivity contribution in [3.8, 4) is 0 Å². The summed E-state index contributed by atoms with van der Waals surface area (Å²) in [6.07, 6.45) is 0. The summed E-state index contributed by atoms with van der Waals surface area (Å²) >= 11 is 3.75. The van der Waals surface area contributed by atoms with Crippen molar-refractivity contribution in [2.24, 2.45) is 0 Å². The van der Waals surface area contributed by atoms with E-state index in [2.05, 4.69) is 102 Å². The maximum Gasteiger partial charge on any atom is 0.0345 e. The molecule has 0 bridgehead atoms. The molecule has 4 aromatic rings. The standard InChI is InChI=1S/2C12H14S.CH4/c1-12(2,3)10-8-13-11-7-5-4-6-9(10)11;1-12(2,3)11-8-9-6-4-5-7-10(9)13-11;/h2*4-8H,1-3H3;1H4. The summed E-state index contributed by atoms with van der Waals surface area (Å²) in [5, 5.41) is 5.07. The van der Waals surface area contributed by atoms with Gasteiger partial charge in [0, 0.05) is 14.3 Å². The number of fused-ring (bicyclic) bond motifs is 2. The van der Waals surface area contributed by atoms with Crippen molar-refractivity contribution in [3.05, 3.63) is 70.4 Å². The Morgan fingerprint density at radius 2 is 1.30 bits per heavy atom. The van der Waals surface area contributed by atoms with Crippen LogP contribution in [0.2, 0.25) is 0 Å². The van der Waals surface area contributed by atoms with Crippen molar-refractivity contribution >= 4 is 42.8 Å². The lowest BCUT2D eigenvalue weighted by atomic mass is 9.87. The van der Waals surface area contributed by atoms with Crippen LogP contribution in [0, 0.1) is 0 Å². The van der Waals surface area contributed by atoms with Crippen LogP contribution in [0.5, 0.6) is 0 Å². The molecule has 0 aliphatic carbocycles. The second-order valence-electron chi connectivity index (χ2n) is 8.79. The Labute approximate surface area is 172 Å². The third-order valence-corrected chi connectivity index (χ3v) is 6.96. The van der Waals surface area contributed by atoms with Gasteiger partial charge in [0.2, 0.25) is 0 Å². The van der Waals surface area contributed by atoms with Crippen molar-refractivity contribution in [2.45, 2.75) is 59.8 Å². The molecule has 0 aliphatic rings. The van der Waals surface area contributed by atoms with Crippen LogP contribution in [0.4, 0.5) is 0 Å². The Hall–Kier alpha value is -1.64. The number of thiophene rings is 2. The summed E-state index contributed by atoms with van der Waals surface area (Å²) in [6.45, 7) is 13.6. The highest BCUT2D eigenvalue weighted by Crippen LogP contribution is 2.35. The molecule has 0 amide bonds. The molecule has 0 saturated carbocycles. The SMILES string of the molecule is C.CC(C)(C)c1cc2ccccc2s1.CC(C)(C)c1csc2ccccc12. The first-order valence-electron chi connectivity index (χ1n) is 9.12. The van der Waals surface area contributed by atoms with Crippen LogP contribution in [0.25, 0.3) is 20.2 Å². The minimum atomic E-state index is 0. The van der Waals surface area contributed by atoms with Crippen molar-refractivity contribution in [1.29, 1.82) is 0 Å². The lowest BCUT2D eigenvalue weighted by Gasteiger charge is -2.17. The lowest BCUT2D eigenvalue weighted by Crippen LogP contribution is -2.09. The third-order valence-electron chi connectivity index (χ3n) is 4.45. The van der Waals surface area contributed by atoms with E-state index in [4.69, 9.17) is 0 Å². The van der Waals surface area contributed by atoms with Gasteiger partial charge in [-0.2, -0.15) is 0 Å². The molecule has 27 heavy (non-hydrogen) atoms. The van der Waals surface area contributed by atoms with Crippen LogP contribution in [-0.2, 0) is 10.8 Å². The molecule has 0 radical (unpaired) electrons. The minimum Gasteiger partial charge on any atom is -0.144 e. The summed E-state index contributed by atoms with van der Waals surface area (Å²) in [7, 11) is 0. The maximum atomic E-state index is 2.31. The maximum absolute atomic E-state index is 2.31. The van der Waals surface area contributed by atoms with Crippen LogP contribution < -0.4 is 0 Å². The molecule has 144 valence electrons. The first-order valence-corrected chi connectivity index (χ1v) is 10.8. The van der Waals surface area contributed by atoms with Crippen molar-refractivity contribution in [1.82, 2.24) is 0 Å². The molecule has 0 atom stereocenters. The molecule has 0 nitrogen and oxygen atoms in total. The molecule has 4 rings (SSSR count). The van der Waals surface area contributed by atoms with Crippen LogP contribution in [0.1, 0.15) is 59.4 Å². The second-order valence-corrected chi connectivity index (χ2v) is 10.8. The highest BCUT2D eigenvalue weighted by Gasteiger charge is 2.17. The van der Waals surface area contributed by atoms with Crippen LogP contribution in [0.3, 0.4) is 0 Å². The number of benzene rings is 2. The largest absolute Gasteiger partial charge is 0.144 e. The fourth-order valence-corrected chi connectivity index (χ4v) is 5.22. The first kappa shape index (κ1) is 21.7. The van der Waals surface area contributed by atoms with Gasteiger partial charge >= 0.3 is 0 Å². The molecule has 2 aromatic heterocycles. The van der Waals surface area contributed by atoms with Crippen molar-refractivity contribution in [2.75, 3.05) is 0 Å². The Kier molecular flexibility index (Phi) is 6.55. The molecule has 2 heteroatoms. The highest BCUT2D eigenvalue weighted by molar-refractivity contribution is 7.19. The fraction of sp³-hybridized carbons (Fsp3) is 0.360. The van der Waals surface area contributed by atoms with E-state index < -0.39 is 0 Å². The molecular weight excluding hydrogens is 364 g/mol. The van der Waals surface area contributed by atoms with E-state index in [9.17, 15) is 0 Å². The van der Waals surface area contributed by atoms with Gasteiger partial charge in [0.25, 0.3) is 0 Å². The van der Waals surface area contributed by atoms with E-state index in [1.165, 1.54) is 30.6 Å². The first-order chi connectivity index (χ1) is 12.2. The topological polar surface area (TPSA) is 0 Å². The van der Waals surface area contributed by atoms with Gasteiger partial charge in [-0.3, -0.25) is 0 Å². The average molecular weight is 397 g/mol. The molecule has 2 aromatic carbocycles. The van der Waals surface area contributed by atoms with Gasteiger partial charge in [-0.25, -0.2) is 0 Å². The van der Waals surface area contributed by atoms with E-state index in [0.717, 1.165) is 0 Å². The molecule has 0 aliphatic heterocycles. The summed E-state index contributed by atoms with van der Waals surface area (Å²) < 4.78 is 2.79. The smallest absolute Gasteiger partial charge is 0.0345 e. The van der Waals surface area contributed by atoms with Gasteiger partial charge < -0.3 is 0 Å². The zero-order valence-electron chi connectivity index (χ0n) is 16.6. The Bertz CT molecular complexity index is 963. The quantitative estimate of drug-likeness (QED) is 0.278. The Balaban J connectivity index is 0.000000187. The van der Waals surface area contributed by atoms with E-state index in [1.54, 1.807) is 0 Å². The third kappa shape index (κ3) is 5.00. The van der Waals surface area contributed by atoms with Crippen LogP contribution >= 0.6 is 22.7 Å². The predicted molar refractivity (Wildman–Crippen MR) is 128 cm³/mol. The predicted octanol–water partition coefficient (Wildman–Crippen LogP) is 9.03. The van der Waals surface area contributed by atoms with Gasteiger partial charge in [-0.15, -0.1) is 22.7 Å². The zero-order chi connectivity index (χ0) is 18.9. The summed E-state index contributed by atoms with van der Waals surface area (Å²) in [5.41, 5.74) is 2.01. The summed E-state index contributed by atoms with van der Waals surface area (Å²) in [5.74, 6) is 0. The minimum absolute atomic E-state index is 0. The normalized spacial score (nSPS) is 11.8. The monoisotopic (exact) mass is 396 g/mol. The lowest BCUT2D eigenvalue weighted by molar-refractivity contribution is 0.598. The van der Waals surface area contributed by atoms with E-state index in [0.29, 0.717) is 0 Å². The van der Waals surface area contributed by atoms with Crippen LogP contribution in [-0.4, -0.2) is 0 Å². The van der Waals surface area contributed by atoms with Crippen molar-refractivity contribution in [3.63, 3.8) is 0 Å². The van der Waals surface area contributed by atoms with Gasteiger partial charge in [0.1, 0.15) is 0 Å². The number of hydrogen-bond acceptors (Lipinski definition) is 2. The molecule has 0 fully saturated rings. The van der Waals surface area contributed by atoms with Gasteiger partial charge in [-0.1, -0.05) is 85.4 Å². The van der Waals surface area contributed by atoms with Crippen molar-refractivity contribution < 1.29 is 0 Å². The highest BCUT2D eigenvalue weighted by atomic mass is 32.1. The zero-order valence-corrected chi connectivity index (χ0v) is 18.2. The molecule has 0 unspecified atom stereocenters. The number of rotatable bonds is 0. The van der Waals surface area contributed by atoms with Gasteiger partial charge in [0.15, 0.2) is 0 Å². The molecule has 0 saturated heterocycles. The molecule has 2 heterocycles. The van der Waals surface area contributed by atoms with E-state index in [-0.39, 0.29) is 18.3 Å². The van der Waals surface area contributed by atoms with Gasteiger partial charge in [0.05, 0.1) is 0 Å². The second kappa shape index (κ2) is 8.16. The molecule has 0 N–H and O–H groups in total. The molecule has 0 spiro atoms. The van der Waals surface area contributed by atoms with Gasteiger partial charge in [-0.05, 0) is 50.7 Å². The Morgan fingerprint density at radius 3 is 1.89 bits per heavy atom. The van der Waals surface area contributed by atoms with E-state index in [1.807, 2.05) is 22.7 Å². The number of hydrogen-bond donors (Lipinski definition) is 0. The fourth-order valence-electron chi connectivity index (χ4n) is 2.91. The van der Waals surface area contributed by atoms with E-state index >= 15 is 0 Å². The molecular formula is C25H32S2. The summed E-state index contributed by atoms with van der Waals surface area (Å²) in [4.78, 5) is 1.47. The Morgan fingerprint density at radius 1 is 0.704 bits per heavy atom. The average Bonchev–Trinajstić information content (AvgIpc) is 3.19. The summed E-state index contributed by atoms with van der Waals surface area (Å²) in [6, 6.07) is 19.5.